The molecule has 1 saturated carbocycles. The molecule has 2 heterocycles. The lowest BCUT2D eigenvalue weighted by atomic mass is 9.90. The van der Waals surface area contributed by atoms with E-state index in [0.717, 1.165) is 37.1 Å². The Morgan fingerprint density at radius 1 is 1.17 bits per heavy atom. The fourth-order valence-electron chi connectivity index (χ4n) is 4.54. The summed E-state index contributed by atoms with van der Waals surface area (Å²) in [7, 11) is 0. The van der Waals surface area contributed by atoms with E-state index >= 15 is 0 Å². The van der Waals surface area contributed by atoms with Crippen molar-refractivity contribution in [3.63, 3.8) is 0 Å². The third-order valence-electron chi connectivity index (χ3n) is 6.35. The second kappa shape index (κ2) is 9.83. The lowest BCUT2D eigenvalue weighted by Crippen LogP contribution is -2.42. The van der Waals surface area contributed by atoms with Gasteiger partial charge in [-0.1, -0.05) is 13.8 Å². The van der Waals surface area contributed by atoms with E-state index in [2.05, 4.69) is 20.7 Å². The standard InChI is InChI=1S/C25H29F4N5O/c1-4-34-22(12-20(33-34)14(2)3)24(35)31-17-7-5-6-16(11-17)30-21-13-23(25(27,28)29)32-19-9-8-15(26)10-18(19)21/h8-10,12-14,16-17H,4-7,11H2,1-3H3,(H,30,32)(H,31,35)/t16-,17+/m0/s1. The third-order valence-corrected chi connectivity index (χ3v) is 6.35. The number of benzene rings is 1. The SMILES string of the molecule is CCn1nc(C(C)C)cc1C(=O)N[C@@H]1CCC[C@H](Nc2cc(C(F)(F)F)nc3ccc(F)cc23)C1. The van der Waals surface area contributed by atoms with E-state index in [-0.39, 0.29) is 40.5 Å². The van der Waals surface area contributed by atoms with E-state index < -0.39 is 17.7 Å². The van der Waals surface area contributed by atoms with Crippen LogP contribution in [0, 0.1) is 5.82 Å². The Labute approximate surface area is 201 Å². The number of nitrogens with one attached hydrogen (secondary N) is 2. The summed E-state index contributed by atoms with van der Waals surface area (Å²) in [5, 5.41) is 11.0. The number of hydrogen-bond donors (Lipinski definition) is 2. The van der Waals surface area contributed by atoms with Crippen molar-refractivity contribution in [2.24, 2.45) is 0 Å². The van der Waals surface area contributed by atoms with Gasteiger partial charge in [0.05, 0.1) is 11.2 Å². The summed E-state index contributed by atoms with van der Waals surface area (Å²) >= 11 is 0. The second-order valence-electron chi connectivity index (χ2n) is 9.32. The highest BCUT2D eigenvalue weighted by Gasteiger charge is 2.34. The van der Waals surface area contributed by atoms with Gasteiger partial charge in [-0.3, -0.25) is 9.48 Å². The second-order valence-corrected chi connectivity index (χ2v) is 9.32. The first-order valence-corrected chi connectivity index (χ1v) is 11.9. The minimum atomic E-state index is -4.63. The maximum absolute atomic E-state index is 13.9. The van der Waals surface area contributed by atoms with Crippen LogP contribution in [0.2, 0.25) is 0 Å². The van der Waals surface area contributed by atoms with Crippen molar-refractivity contribution in [3.8, 4) is 0 Å². The zero-order valence-electron chi connectivity index (χ0n) is 19.9. The summed E-state index contributed by atoms with van der Waals surface area (Å²) < 4.78 is 55.8. The van der Waals surface area contributed by atoms with E-state index in [1.165, 1.54) is 12.1 Å². The van der Waals surface area contributed by atoms with Crippen LogP contribution < -0.4 is 10.6 Å². The van der Waals surface area contributed by atoms with E-state index in [9.17, 15) is 22.4 Å². The van der Waals surface area contributed by atoms with Gasteiger partial charge in [-0.15, -0.1) is 0 Å². The summed E-state index contributed by atoms with van der Waals surface area (Å²) in [5.74, 6) is -0.573. The van der Waals surface area contributed by atoms with Gasteiger partial charge in [0.25, 0.3) is 5.91 Å². The van der Waals surface area contributed by atoms with Crippen LogP contribution in [0.1, 0.15) is 74.2 Å². The smallest absolute Gasteiger partial charge is 0.382 e. The highest BCUT2D eigenvalue weighted by atomic mass is 19.4. The van der Waals surface area contributed by atoms with Crippen molar-refractivity contribution in [3.05, 3.63) is 53.2 Å². The molecule has 6 nitrogen and oxygen atoms in total. The van der Waals surface area contributed by atoms with Crippen LogP contribution in [-0.2, 0) is 12.7 Å². The summed E-state index contributed by atoms with van der Waals surface area (Å²) in [5.41, 5.74) is 0.560. The van der Waals surface area contributed by atoms with Crippen LogP contribution in [-0.4, -0.2) is 32.8 Å². The van der Waals surface area contributed by atoms with Gasteiger partial charge in [-0.25, -0.2) is 9.37 Å². The predicted molar refractivity (Wildman–Crippen MR) is 126 cm³/mol. The number of aryl methyl sites for hydroxylation is 1. The Kier molecular flexibility index (Phi) is 7.00. The molecule has 35 heavy (non-hydrogen) atoms. The van der Waals surface area contributed by atoms with Gasteiger partial charge in [0.2, 0.25) is 0 Å². The Morgan fingerprint density at radius 2 is 1.91 bits per heavy atom. The number of amides is 1. The number of anilines is 1. The van der Waals surface area contributed by atoms with E-state index in [0.29, 0.717) is 18.7 Å². The number of halogens is 4. The monoisotopic (exact) mass is 491 g/mol. The largest absolute Gasteiger partial charge is 0.433 e. The number of aromatic nitrogens is 3. The fraction of sp³-hybridized carbons (Fsp3) is 0.480. The van der Waals surface area contributed by atoms with Gasteiger partial charge in [0.1, 0.15) is 17.2 Å². The van der Waals surface area contributed by atoms with Gasteiger partial charge in [0, 0.05) is 29.7 Å². The quantitative estimate of drug-likeness (QED) is 0.422. The number of fused-ring (bicyclic) bond motifs is 1. The first-order valence-electron chi connectivity index (χ1n) is 11.9. The minimum absolute atomic E-state index is 0.0678. The average molecular weight is 492 g/mol. The first-order chi connectivity index (χ1) is 16.5. The maximum atomic E-state index is 13.9. The van der Waals surface area contributed by atoms with Crippen molar-refractivity contribution in [1.29, 1.82) is 0 Å². The molecule has 3 aromatic rings. The minimum Gasteiger partial charge on any atom is -0.382 e. The van der Waals surface area contributed by atoms with E-state index in [4.69, 9.17) is 0 Å². The molecule has 0 unspecified atom stereocenters. The van der Waals surface area contributed by atoms with Gasteiger partial charge in [0.15, 0.2) is 0 Å². The first kappa shape index (κ1) is 24.9. The Hall–Kier alpha value is -3.17. The van der Waals surface area contributed by atoms with Gasteiger partial charge in [-0.05, 0) is 68.9 Å². The average Bonchev–Trinajstić information content (AvgIpc) is 3.24. The number of carbonyl (C=O) groups excluding carboxylic acids is 1. The van der Waals surface area contributed by atoms with Crippen LogP contribution in [0.25, 0.3) is 10.9 Å². The molecule has 0 radical (unpaired) electrons. The normalized spacial score (nSPS) is 18.7. The van der Waals surface area contributed by atoms with Crippen LogP contribution in [0.3, 0.4) is 0 Å². The number of alkyl halides is 3. The van der Waals surface area contributed by atoms with Gasteiger partial charge >= 0.3 is 6.18 Å². The molecule has 2 aromatic heterocycles. The van der Waals surface area contributed by atoms with E-state index in [1.54, 1.807) is 10.7 Å². The number of hydrogen-bond acceptors (Lipinski definition) is 4. The van der Waals surface area contributed by atoms with Crippen LogP contribution in [0.5, 0.6) is 0 Å². The maximum Gasteiger partial charge on any atom is 0.433 e. The topological polar surface area (TPSA) is 71.8 Å². The number of carbonyl (C=O) groups is 1. The molecule has 0 bridgehead atoms. The van der Waals surface area contributed by atoms with Gasteiger partial charge in [-0.2, -0.15) is 18.3 Å². The number of rotatable bonds is 6. The Bertz CT molecular complexity index is 1220. The molecule has 0 aliphatic heterocycles. The molecule has 1 aliphatic rings. The van der Waals surface area contributed by atoms with Crippen molar-refractivity contribution in [2.45, 2.75) is 77.2 Å². The molecule has 1 fully saturated rings. The fourth-order valence-corrected chi connectivity index (χ4v) is 4.54. The van der Waals surface area contributed by atoms with Crippen LogP contribution in [0.4, 0.5) is 23.2 Å². The zero-order chi connectivity index (χ0) is 25.3. The molecule has 1 aromatic carbocycles. The third kappa shape index (κ3) is 5.57. The number of nitrogens with zero attached hydrogens (tertiary/aromatic N) is 3. The molecular weight excluding hydrogens is 462 g/mol. The van der Waals surface area contributed by atoms with Crippen molar-refractivity contribution in [2.75, 3.05) is 5.32 Å². The summed E-state index contributed by atoms with van der Waals surface area (Å²) in [4.78, 5) is 16.7. The molecule has 0 saturated heterocycles. The van der Waals surface area contributed by atoms with E-state index in [1.807, 2.05) is 20.8 Å². The molecule has 10 heteroatoms. The highest BCUT2D eigenvalue weighted by molar-refractivity contribution is 5.93. The molecule has 1 amide bonds. The summed E-state index contributed by atoms with van der Waals surface area (Å²) in [6, 6.07) is 5.92. The van der Waals surface area contributed by atoms with Crippen LogP contribution >= 0.6 is 0 Å². The summed E-state index contributed by atoms with van der Waals surface area (Å²) in [6.45, 7) is 6.52. The molecule has 2 atom stereocenters. The summed E-state index contributed by atoms with van der Waals surface area (Å²) in [6.07, 6.45) is -1.82. The van der Waals surface area contributed by atoms with Crippen molar-refractivity contribution >= 4 is 22.5 Å². The Balaban J connectivity index is 1.52. The molecular formula is C25H29F4N5O. The Morgan fingerprint density at radius 3 is 2.60 bits per heavy atom. The molecule has 188 valence electrons. The number of pyridine rings is 1. The lowest BCUT2D eigenvalue weighted by molar-refractivity contribution is -0.140. The molecule has 0 spiro atoms. The highest BCUT2D eigenvalue weighted by Crippen LogP contribution is 2.34. The lowest BCUT2D eigenvalue weighted by Gasteiger charge is -2.31. The molecule has 2 N–H and O–H groups in total. The zero-order valence-corrected chi connectivity index (χ0v) is 19.9. The van der Waals surface area contributed by atoms with Crippen molar-refractivity contribution in [1.82, 2.24) is 20.1 Å². The predicted octanol–water partition coefficient (Wildman–Crippen LogP) is 5.89. The van der Waals surface area contributed by atoms with Crippen LogP contribution in [0.15, 0.2) is 30.3 Å². The van der Waals surface area contributed by atoms with Crippen molar-refractivity contribution < 1.29 is 22.4 Å². The van der Waals surface area contributed by atoms with Gasteiger partial charge < -0.3 is 10.6 Å². The molecule has 4 rings (SSSR count). The molecule has 1 aliphatic carbocycles.